The molecule has 3 atom stereocenters. The number of nitrogens with zero attached hydrogens (tertiary/aromatic N) is 2. The fourth-order valence-corrected chi connectivity index (χ4v) is 2.63. The maximum Gasteiger partial charge on any atom is 0.0724 e. The highest BCUT2D eigenvalue weighted by Gasteiger charge is 2.24. The van der Waals surface area contributed by atoms with Crippen LogP contribution in [0.3, 0.4) is 0 Å². The maximum atomic E-state index is 4.28. The summed E-state index contributed by atoms with van der Waals surface area (Å²) in [5, 5.41) is 3.61. The summed E-state index contributed by atoms with van der Waals surface area (Å²) in [5.74, 6) is 1.67. The lowest BCUT2D eigenvalue weighted by molar-refractivity contribution is 0.226. The molecular formula is C13H21N3. The van der Waals surface area contributed by atoms with Crippen molar-refractivity contribution < 1.29 is 0 Å². The second-order valence-electron chi connectivity index (χ2n) is 5.08. The first-order valence-corrected chi connectivity index (χ1v) is 6.24. The van der Waals surface area contributed by atoms with Crippen LogP contribution in [0.15, 0.2) is 18.6 Å². The summed E-state index contributed by atoms with van der Waals surface area (Å²) in [4.78, 5) is 8.36. The van der Waals surface area contributed by atoms with Gasteiger partial charge in [-0.25, -0.2) is 0 Å². The van der Waals surface area contributed by atoms with Crippen molar-refractivity contribution in [1.29, 1.82) is 0 Å². The molecule has 1 aliphatic carbocycles. The van der Waals surface area contributed by atoms with E-state index in [0.717, 1.165) is 24.1 Å². The monoisotopic (exact) mass is 219 g/mol. The van der Waals surface area contributed by atoms with Crippen LogP contribution in [0.2, 0.25) is 0 Å². The predicted octanol–water partition coefficient (Wildman–Crippen LogP) is 2.39. The highest BCUT2D eigenvalue weighted by Crippen LogP contribution is 2.28. The van der Waals surface area contributed by atoms with E-state index in [1.165, 1.54) is 19.3 Å². The second-order valence-corrected chi connectivity index (χ2v) is 5.08. The molecule has 1 aromatic heterocycles. The molecular weight excluding hydrogens is 198 g/mol. The van der Waals surface area contributed by atoms with E-state index in [-0.39, 0.29) is 0 Å². The lowest BCUT2D eigenvalue weighted by Gasteiger charge is -2.33. The summed E-state index contributed by atoms with van der Waals surface area (Å²) in [6.07, 6.45) is 9.30. The molecule has 0 aromatic carbocycles. The van der Waals surface area contributed by atoms with Gasteiger partial charge < -0.3 is 5.32 Å². The SMILES string of the molecule is CC1CCC(NCc2cnccn2)C(C)C1. The van der Waals surface area contributed by atoms with E-state index in [1.54, 1.807) is 12.4 Å². The summed E-state index contributed by atoms with van der Waals surface area (Å²) in [5.41, 5.74) is 1.04. The number of aromatic nitrogens is 2. The van der Waals surface area contributed by atoms with Crippen LogP contribution in [0.25, 0.3) is 0 Å². The molecule has 0 amide bonds. The highest BCUT2D eigenvalue weighted by atomic mass is 14.9. The smallest absolute Gasteiger partial charge is 0.0724 e. The Bertz CT molecular complexity index is 312. The van der Waals surface area contributed by atoms with Gasteiger partial charge in [0, 0.05) is 31.2 Å². The Labute approximate surface area is 97.7 Å². The molecule has 1 saturated carbocycles. The van der Waals surface area contributed by atoms with Crippen molar-refractivity contribution in [1.82, 2.24) is 15.3 Å². The van der Waals surface area contributed by atoms with Gasteiger partial charge in [0.15, 0.2) is 0 Å². The molecule has 3 heteroatoms. The number of rotatable bonds is 3. The highest BCUT2D eigenvalue weighted by molar-refractivity contribution is 4.95. The van der Waals surface area contributed by atoms with Crippen LogP contribution in [0, 0.1) is 11.8 Å². The van der Waals surface area contributed by atoms with Crippen molar-refractivity contribution in [2.75, 3.05) is 0 Å². The van der Waals surface area contributed by atoms with Crippen LogP contribution >= 0.6 is 0 Å². The van der Waals surface area contributed by atoms with Crippen LogP contribution in [-0.4, -0.2) is 16.0 Å². The molecule has 0 aliphatic heterocycles. The number of hydrogen-bond donors (Lipinski definition) is 1. The molecule has 0 saturated heterocycles. The van der Waals surface area contributed by atoms with E-state index < -0.39 is 0 Å². The number of nitrogens with one attached hydrogen (secondary N) is 1. The van der Waals surface area contributed by atoms with Gasteiger partial charge in [-0.1, -0.05) is 13.8 Å². The fourth-order valence-electron chi connectivity index (χ4n) is 2.63. The Hall–Kier alpha value is -0.960. The van der Waals surface area contributed by atoms with Crippen molar-refractivity contribution in [3.63, 3.8) is 0 Å². The zero-order valence-corrected chi connectivity index (χ0v) is 10.2. The summed E-state index contributed by atoms with van der Waals surface area (Å²) >= 11 is 0. The second kappa shape index (κ2) is 5.39. The van der Waals surface area contributed by atoms with Crippen LogP contribution in [0.1, 0.15) is 38.8 Å². The van der Waals surface area contributed by atoms with E-state index in [1.807, 2.05) is 6.20 Å². The van der Waals surface area contributed by atoms with E-state index in [4.69, 9.17) is 0 Å². The standard InChI is InChI=1S/C13H21N3/c1-10-3-4-13(11(2)7-10)16-9-12-8-14-5-6-15-12/h5-6,8,10-11,13,16H,3-4,7,9H2,1-2H3. The lowest BCUT2D eigenvalue weighted by atomic mass is 9.80. The summed E-state index contributed by atoms with van der Waals surface area (Å²) in [6.45, 7) is 5.55. The van der Waals surface area contributed by atoms with Crippen LogP contribution in [-0.2, 0) is 6.54 Å². The third kappa shape index (κ3) is 3.01. The van der Waals surface area contributed by atoms with Gasteiger partial charge in [0.1, 0.15) is 0 Å². The van der Waals surface area contributed by atoms with E-state index in [2.05, 4.69) is 29.1 Å². The van der Waals surface area contributed by atoms with Gasteiger partial charge in [0.25, 0.3) is 0 Å². The number of hydrogen-bond acceptors (Lipinski definition) is 3. The minimum absolute atomic E-state index is 0.651. The van der Waals surface area contributed by atoms with Crippen molar-refractivity contribution >= 4 is 0 Å². The molecule has 0 radical (unpaired) electrons. The van der Waals surface area contributed by atoms with Crippen LogP contribution in [0.5, 0.6) is 0 Å². The first-order valence-electron chi connectivity index (χ1n) is 6.24. The Morgan fingerprint density at radius 2 is 2.19 bits per heavy atom. The molecule has 88 valence electrons. The summed E-state index contributed by atoms with van der Waals surface area (Å²) in [7, 11) is 0. The van der Waals surface area contributed by atoms with Gasteiger partial charge in [-0.15, -0.1) is 0 Å². The molecule has 0 spiro atoms. The minimum Gasteiger partial charge on any atom is -0.308 e. The molecule has 3 nitrogen and oxygen atoms in total. The predicted molar refractivity (Wildman–Crippen MR) is 64.8 cm³/mol. The molecule has 1 heterocycles. The maximum absolute atomic E-state index is 4.28. The quantitative estimate of drug-likeness (QED) is 0.848. The third-order valence-electron chi connectivity index (χ3n) is 3.59. The molecule has 0 bridgehead atoms. The largest absolute Gasteiger partial charge is 0.308 e. The average Bonchev–Trinajstić information content (AvgIpc) is 2.29. The average molecular weight is 219 g/mol. The summed E-state index contributed by atoms with van der Waals surface area (Å²) in [6, 6.07) is 0.651. The molecule has 1 fully saturated rings. The first-order chi connectivity index (χ1) is 7.75. The molecule has 2 rings (SSSR count). The zero-order chi connectivity index (χ0) is 11.4. The van der Waals surface area contributed by atoms with Gasteiger partial charge in [-0.2, -0.15) is 0 Å². The zero-order valence-electron chi connectivity index (χ0n) is 10.2. The molecule has 3 unspecified atom stereocenters. The topological polar surface area (TPSA) is 37.8 Å². The minimum atomic E-state index is 0.651. The molecule has 1 N–H and O–H groups in total. The van der Waals surface area contributed by atoms with Gasteiger partial charge >= 0.3 is 0 Å². The summed E-state index contributed by atoms with van der Waals surface area (Å²) < 4.78 is 0. The molecule has 1 aromatic rings. The Kier molecular flexibility index (Phi) is 3.88. The van der Waals surface area contributed by atoms with E-state index in [0.29, 0.717) is 6.04 Å². The Morgan fingerprint density at radius 3 is 2.88 bits per heavy atom. The molecule has 1 aliphatic rings. The van der Waals surface area contributed by atoms with Crippen molar-refractivity contribution in [3.05, 3.63) is 24.3 Å². The lowest BCUT2D eigenvalue weighted by Crippen LogP contribution is -2.38. The Balaban J connectivity index is 1.82. The van der Waals surface area contributed by atoms with Crippen LogP contribution in [0.4, 0.5) is 0 Å². The van der Waals surface area contributed by atoms with Gasteiger partial charge in [-0.05, 0) is 31.1 Å². The van der Waals surface area contributed by atoms with E-state index in [9.17, 15) is 0 Å². The van der Waals surface area contributed by atoms with Crippen molar-refractivity contribution in [2.24, 2.45) is 11.8 Å². The van der Waals surface area contributed by atoms with Gasteiger partial charge in [-0.3, -0.25) is 9.97 Å². The third-order valence-corrected chi connectivity index (χ3v) is 3.59. The van der Waals surface area contributed by atoms with Gasteiger partial charge in [0.2, 0.25) is 0 Å². The van der Waals surface area contributed by atoms with Crippen molar-refractivity contribution in [2.45, 2.75) is 45.7 Å². The van der Waals surface area contributed by atoms with Crippen molar-refractivity contribution in [3.8, 4) is 0 Å². The normalized spacial score (nSPS) is 30.2. The van der Waals surface area contributed by atoms with Crippen LogP contribution < -0.4 is 5.32 Å². The first kappa shape index (κ1) is 11.5. The van der Waals surface area contributed by atoms with Gasteiger partial charge in [0.05, 0.1) is 5.69 Å². The molecule has 16 heavy (non-hydrogen) atoms. The Morgan fingerprint density at radius 1 is 1.31 bits per heavy atom. The fraction of sp³-hybridized carbons (Fsp3) is 0.692. The van der Waals surface area contributed by atoms with E-state index >= 15 is 0 Å².